The smallest absolute Gasteiger partial charge is 0.234 e. The van der Waals surface area contributed by atoms with Gasteiger partial charge in [0.2, 0.25) is 5.91 Å². The molecule has 1 fully saturated rings. The van der Waals surface area contributed by atoms with Crippen LogP contribution < -0.4 is 5.32 Å². The lowest BCUT2D eigenvalue weighted by Gasteiger charge is -2.24. The predicted molar refractivity (Wildman–Crippen MR) is 90.8 cm³/mol. The van der Waals surface area contributed by atoms with Crippen LogP contribution in [-0.4, -0.2) is 23.9 Å². The lowest BCUT2D eigenvalue weighted by molar-refractivity contribution is -0.123. The Bertz CT molecular complexity index is 642. The molecule has 1 saturated heterocycles. The predicted octanol–water partition coefficient (Wildman–Crippen LogP) is 3.90. The van der Waals surface area contributed by atoms with E-state index in [4.69, 9.17) is 0 Å². The van der Waals surface area contributed by atoms with Crippen molar-refractivity contribution < 1.29 is 9.18 Å². The zero-order valence-electron chi connectivity index (χ0n) is 13.2. The Morgan fingerprint density at radius 3 is 2.87 bits per heavy atom. The summed E-state index contributed by atoms with van der Waals surface area (Å²) in [7, 11) is 0. The molecule has 2 aromatic rings. The Morgan fingerprint density at radius 1 is 1.39 bits per heavy atom. The van der Waals surface area contributed by atoms with Crippen molar-refractivity contribution in [3.05, 3.63) is 58.0 Å². The van der Waals surface area contributed by atoms with E-state index < -0.39 is 0 Å². The molecule has 0 spiro atoms. The van der Waals surface area contributed by atoms with E-state index in [-0.39, 0.29) is 17.8 Å². The first-order valence-corrected chi connectivity index (χ1v) is 8.84. The standard InChI is InChI=1S/C18H21FN2OS/c1-13(14-6-8-15(19)9-7-14)20-18(22)12-21-10-2-4-16(21)17-5-3-11-23-17/h3,5-9,11,13,16H,2,4,10,12H2,1H3,(H,20,22)/t13-,16+/m0/s1. The van der Waals surface area contributed by atoms with Crippen LogP contribution in [-0.2, 0) is 4.79 Å². The molecule has 1 amide bonds. The van der Waals surface area contributed by atoms with Crippen molar-refractivity contribution in [3.63, 3.8) is 0 Å². The van der Waals surface area contributed by atoms with Gasteiger partial charge in [-0.25, -0.2) is 4.39 Å². The summed E-state index contributed by atoms with van der Waals surface area (Å²) in [5.41, 5.74) is 0.913. The maximum absolute atomic E-state index is 13.0. The molecular formula is C18H21FN2OS. The Labute approximate surface area is 140 Å². The molecule has 0 unspecified atom stereocenters. The van der Waals surface area contributed by atoms with Gasteiger partial charge in [0.25, 0.3) is 0 Å². The Balaban J connectivity index is 1.57. The number of nitrogens with one attached hydrogen (secondary N) is 1. The number of rotatable bonds is 5. The Morgan fingerprint density at radius 2 is 2.17 bits per heavy atom. The number of amides is 1. The molecule has 1 N–H and O–H groups in total. The summed E-state index contributed by atoms with van der Waals surface area (Å²) in [4.78, 5) is 15.9. The number of nitrogens with zero attached hydrogens (tertiary/aromatic N) is 1. The van der Waals surface area contributed by atoms with Crippen molar-refractivity contribution in [1.82, 2.24) is 10.2 Å². The zero-order chi connectivity index (χ0) is 16.2. The van der Waals surface area contributed by atoms with Crippen molar-refractivity contribution in [2.24, 2.45) is 0 Å². The molecule has 3 rings (SSSR count). The van der Waals surface area contributed by atoms with Gasteiger partial charge in [-0.1, -0.05) is 18.2 Å². The van der Waals surface area contributed by atoms with E-state index >= 15 is 0 Å². The summed E-state index contributed by atoms with van der Waals surface area (Å²) < 4.78 is 13.0. The summed E-state index contributed by atoms with van der Waals surface area (Å²) in [6.07, 6.45) is 2.24. The monoisotopic (exact) mass is 332 g/mol. The normalized spacial score (nSPS) is 19.7. The first-order valence-electron chi connectivity index (χ1n) is 7.96. The fourth-order valence-corrected chi connectivity index (χ4v) is 4.02. The van der Waals surface area contributed by atoms with E-state index in [2.05, 4.69) is 27.7 Å². The lowest BCUT2D eigenvalue weighted by atomic mass is 10.1. The molecule has 23 heavy (non-hydrogen) atoms. The number of likely N-dealkylation sites (tertiary alicyclic amines) is 1. The third-order valence-electron chi connectivity index (χ3n) is 4.33. The summed E-state index contributed by atoms with van der Waals surface area (Å²) in [5.74, 6) is -0.242. The lowest BCUT2D eigenvalue weighted by Crippen LogP contribution is -2.37. The van der Waals surface area contributed by atoms with E-state index in [1.807, 2.05) is 6.92 Å². The van der Waals surface area contributed by atoms with Gasteiger partial charge in [0, 0.05) is 10.9 Å². The van der Waals surface area contributed by atoms with Gasteiger partial charge in [-0.2, -0.15) is 0 Å². The molecule has 1 aliphatic heterocycles. The van der Waals surface area contributed by atoms with Crippen LogP contribution in [0.15, 0.2) is 41.8 Å². The van der Waals surface area contributed by atoms with Crippen LogP contribution in [0.5, 0.6) is 0 Å². The van der Waals surface area contributed by atoms with Gasteiger partial charge in [0.05, 0.1) is 12.6 Å². The van der Waals surface area contributed by atoms with Crippen LogP contribution >= 0.6 is 11.3 Å². The number of thiophene rings is 1. The van der Waals surface area contributed by atoms with Gasteiger partial charge >= 0.3 is 0 Å². The molecule has 2 atom stereocenters. The minimum atomic E-state index is -0.261. The van der Waals surface area contributed by atoms with Gasteiger partial charge in [0.15, 0.2) is 0 Å². The highest BCUT2D eigenvalue weighted by Gasteiger charge is 2.28. The number of carbonyl (C=O) groups excluding carboxylic acids is 1. The SMILES string of the molecule is C[C@H](NC(=O)CN1CCC[C@@H]1c1cccs1)c1ccc(F)cc1. The van der Waals surface area contributed by atoms with E-state index in [1.54, 1.807) is 23.5 Å². The maximum Gasteiger partial charge on any atom is 0.234 e. The zero-order valence-corrected chi connectivity index (χ0v) is 14.0. The van der Waals surface area contributed by atoms with Crippen molar-refractivity contribution in [2.45, 2.75) is 31.8 Å². The third-order valence-corrected chi connectivity index (χ3v) is 5.30. The molecular weight excluding hydrogens is 311 g/mol. The molecule has 2 heterocycles. The fourth-order valence-electron chi connectivity index (χ4n) is 3.12. The average molecular weight is 332 g/mol. The topological polar surface area (TPSA) is 32.3 Å². The highest BCUT2D eigenvalue weighted by Crippen LogP contribution is 2.34. The molecule has 1 aromatic carbocycles. The average Bonchev–Trinajstić information content (AvgIpc) is 3.18. The highest BCUT2D eigenvalue weighted by molar-refractivity contribution is 7.10. The second-order valence-electron chi connectivity index (χ2n) is 5.98. The van der Waals surface area contributed by atoms with Gasteiger partial charge in [-0.3, -0.25) is 9.69 Å². The highest BCUT2D eigenvalue weighted by atomic mass is 32.1. The molecule has 1 aromatic heterocycles. The Hall–Kier alpha value is -1.72. The van der Waals surface area contributed by atoms with Crippen molar-refractivity contribution in [1.29, 1.82) is 0 Å². The molecule has 0 bridgehead atoms. The second kappa shape index (κ2) is 7.23. The van der Waals surface area contributed by atoms with Crippen molar-refractivity contribution in [3.8, 4) is 0 Å². The number of hydrogen-bond acceptors (Lipinski definition) is 3. The molecule has 3 nitrogen and oxygen atoms in total. The van der Waals surface area contributed by atoms with Crippen LogP contribution in [0.2, 0.25) is 0 Å². The van der Waals surface area contributed by atoms with Crippen LogP contribution in [0.1, 0.15) is 42.3 Å². The number of halogens is 1. The maximum atomic E-state index is 13.0. The van der Waals surface area contributed by atoms with Crippen molar-refractivity contribution in [2.75, 3.05) is 13.1 Å². The summed E-state index contributed by atoms with van der Waals surface area (Å²) >= 11 is 1.75. The molecule has 0 aliphatic carbocycles. The van der Waals surface area contributed by atoms with Crippen LogP contribution in [0, 0.1) is 5.82 Å². The first-order chi connectivity index (χ1) is 11.1. The van der Waals surface area contributed by atoms with Gasteiger partial charge < -0.3 is 5.32 Å². The van der Waals surface area contributed by atoms with Gasteiger partial charge in [0.1, 0.15) is 5.82 Å². The number of benzene rings is 1. The fraction of sp³-hybridized carbons (Fsp3) is 0.389. The number of hydrogen-bond donors (Lipinski definition) is 1. The van der Waals surface area contributed by atoms with E-state index in [1.165, 1.54) is 17.0 Å². The summed E-state index contributed by atoms with van der Waals surface area (Å²) in [6, 6.07) is 10.7. The minimum absolute atomic E-state index is 0.0188. The van der Waals surface area contributed by atoms with Crippen LogP contribution in [0.4, 0.5) is 4.39 Å². The van der Waals surface area contributed by atoms with E-state index in [9.17, 15) is 9.18 Å². The molecule has 1 aliphatic rings. The van der Waals surface area contributed by atoms with Crippen LogP contribution in [0.3, 0.4) is 0 Å². The molecule has 5 heteroatoms. The van der Waals surface area contributed by atoms with E-state index in [0.717, 1.165) is 24.9 Å². The number of carbonyl (C=O) groups is 1. The van der Waals surface area contributed by atoms with Crippen molar-refractivity contribution >= 4 is 17.2 Å². The summed E-state index contributed by atoms with van der Waals surface area (Å²) in [6.45, 7) is 3.29. The molecule has 0 saturated carbocycles. The first kappa shape index (κ1) is 16.1. The second-order valence-corrected chi connectivity index (χ2v) is 6.96. The van der Waals surface area contributed by atoms with Gasteiger partial charge in [-0.15, -0.1) is 11.3 Å². The minimum Gasteiger partial charge on any atom is -0.348 e. The largest absolute Gasteiger partial charge is 0.348 e. The van der Waals surface area contributed by atoms with Crippen LogP contribution in [0.25, 0.3) is 0 Å². The Kier molecular flexibility index (Phi) is 5.08. The summed E-state index contributed by atoms with van der Waals surface area (Å²) in [5, 5.41) is 5.09. The third kappa shape index (κ3) is 3.98. The molecule has 0 radical (unpaired) electrons. The molecule has 122 valence electrons. The van der Waals surface area contributed by atoms with E-state index in [0.29, 0.717) is 12.6 Å². The van der Waals surface area contributed by atoms with Gasteiger partial charge in [-0.05, 0) is 55.5 Å². The quantitative estimate of drug-likeness (QED) is 0.900.